The molecule has 0 spiro atoms. The summed E-state index contributed by atoms with van der Waals surface area (Å²) in [6.45, 7) is -0.134. The predicted molar refractivity (Wildman–Crippen MR) is 110 cm³/mol. The Kier molecular flexibility index (Phi) is 8.18. The third-order valence-electron chi connectivity index (χ3n) is 4.73. The SMILES string of the molecule is O=C(N[C@H](CCc1ccccc1)C(=O)Oc1c(F)c(F)c(F)c(F)c1F)OCc1ccccc1. The maximum absolute atomic E-state index is 13.9. The van der Waals surface area contributed by atoms with Crippen LogP contribution in [0.5, 0.6) is 5.75 Å². The number of aryl methyl sites for hydroxylation is 1. The van der Waals surface area contributed by atoms with Gasteiger partial charge in [0.05, 0.1) is 0 Å². The van der Waals surface area contributed by atoms with Crippen molar-refractivity contribution in [3.8, 4) is 5.75 Å². The molecule has 3 aromatic carbocycles. The van der Waals surface area contributed by atoms with E-state index in [0.717, 1.165) is 5.56 Å². The Hall–Kier alpha value is -3.95. The zero-order valence-electron chi connectivity index (χ0n) is 17.5. The first-order chi connectivity index (χ1) is 16.3. The molecule has 0 heterocycles. The Bertz CT molecular complexity index is 1130. The lowest BCUT2D eigenvalue weighted by Gasteiger charge is -2.18. The van der Waals surface area contributed by atoms with Crippen LogP contribution in [-0.2, 0) is 22.6 Å². The average Bonchev–Trinajstić information content (AvgIpc) is 2.86. The highest BCUT2D eigenvalue weighted by molar-refractivity contribution is 5.83. The Morgan fingerprint density at radius 1 is 0.735 bits per heavy atom. The first-order valence-electron chi connectivity index (χ1n) is 10.0. The van der Waals surface area contributed by atoms with E-state index in [-0.39, 0.29) is 19.4 Å². The number of halogens is 5. The van der Waals surface area contributed by atoms with Crippen LogP contribution in [0.15, 0.2) is 60.7 Å². The number of carbonyl (C=O) groups excluding carboxylic acids is 2. The minimum absolute atomic E-state index is 0.112. The number of nitrogens with one attached hydrogen (secondary N) is 1. The molecule has 10 heteroatoms. The molecule has 0 saturated carbocycles. The summed E-state index contributed by atoms with van der Waals surface area (Å²) in [5, 5.41) is 2.21. The molecule has 3 rings (SSSR count). The summed E-state index contributed by atoms with van der Waals surface area (Å²) in [5.41, 5.74) is 1.42. The summed E-state index contributed by atoms with van der Waals surface area (Å²) in [6.07, 6.45) is -0.939. The van der Waals surface area contributed by atoms with Crippen LogP contribution in [0, 0.1) is 29.1 Å². The number of carbonyl (C=O) groups is 2. The van der Waals surface area contributed by atoms with Crippen molar-refractivity contribution in [1.29, 1.82) is 0 Å². The Morgan fingerprint density at radius 3 is 1.79 bits per heavy atom. The average molecular weight is 479 g/mol. The fraction of sp³-hybridized carbons (Fsp3) is 0.167. The zero-order valence-corrected chi connectivity index (χ0v) is 17.5. The lowest BCUT2D eigenvalue weighted by molar-refractivity contribution is -0.137. The summed E-state index contributed by atoms with van der Waals surface area (Å²) in [4.78, 5) is 24.8. The van der Waals surface area contributed by atoms with Gasteiger partial charge in [0.1, 0.15) is 12.6 Å². The van der Waals surface area contributed by atoms with Crippen LogP contribution in [0.3, 0.4) is 0 Å². The van der Waals surface area contributed by atoms with Gasteiger partial charge in [-0.3, -0.25) is 0 Å². The highest BCUT2D eigenvalue weighted by atomic mass is 19.2. The second-order valence-corrected chi connectivity index (χ2v) is 7.10. The second kappa shape index (κ2) is 11.3. The maximum Gasteiger partial charge on any atom is 0.408 e. The number of benzene rings is 3. The lowest BCUT2D eigenvalue weighted by Crippen LogP contribution is -2.43. The third kappa shape index (κ3) is 6.09. The van der Waals surface area contributed by atoms with E-state index in [1.165, 1.54) is 0 Å². The van der Waals surface area contributed by atoms with Gasteiger partial charge in [0, 0.05) is 0 Å². The highest BCUT2D eigenvalue weighted by Gasteiger charge is 2.31. The van der Waals surface area contributed by atoms with Crippen molar-refractivity contribution < 1.29 is 41.0 Å². The number of amides is 1. The molecule has 0 aliphatic heterocycles. The fourth-order valence-electron chi connectivity index (χ4n) is 2.96. The van der Waals surface area contributed by atoms with Crippen molar-refractivity contribution in [2.75, 3.05) is 0 Å². The number of rotatable bonds is 8. The van der Waals surface area contributed by atoms with Gasteiger partial charge >= 0.3 is 12.1 Å². The third-order valence-corrected chi connectivity index (χ3v) is 4.73. The highest BCUT2D eigenvalue weighted by Crippen LogP contribution is 2.29. The van der Waals surface area contributed by atoms with Gasteiger partial charge in [0.15, 0.2) is 0 Å². The van der Waals surface area contributed by atoms with Crippen LogP contribution >= 0.6 is 0 Å². The maximum atomic E-state index is 13.9. The van der Waals surface area contributed by atoms with Gasteiger partial charge in [0.25, 0.3) is 0 Å². The van der Waals surface area contributed by atoms with Gasteiger partial charge in [-0.05, 0) is 24.0 Å². The predicted octanol–water partition coefficient (Wildman–Crippen LogP) is 5.22. The molecule has 5 nitrogen and oxygen atoms in total. The monoisotopic (exact) mass is 479 g/mol. The van der Waals surface area contributed by atoms with Gasteiger partial charge in [0.2, 0.25) is 34.8 Å². The van der Waals surface area contributed by atoms with Crippen molar-refractivity contribution in [2.24, 2.45) is 0 Å². The summed E-state index contributed by atoms with van der Waals surface area (Å²) in [6, 6.07) is 15.8. The van der Waals surface area contributed by atoms with Crippen molar-refractivity contribution in [2.45, 2.75) is 25.5 Å². The number of hydrogen-bond acceptors (Lipinski definition) is 4. The van der Waals surface area contributed by atoms with E-state index in [9.17, 15) is 31.5 Å². The number of alkyl carbamates (subject to hydrolysis) is 1. The van der Waals surface area contributed by atoms with Gasteiger partial charge in [-0.1, -0.05) is 60.7 Å². The summed E-state index contributed by atoms with van der Waals surface area (Å²) >= 11 is 0. The van der Waals surface area contributed by atoms with Gasteiger partial charge in [-0.2, -0.15) is 8.78 Å². The molecule has 34 heavy (non-hydrogen) atoms. The van der Waals surface area contributed by atoms with Gasteiger partial charge in [-0.25, -0.2) is 22.8 Å². The number of ether oxygens (including phenoxy) is 2. The van der Waals surface area contributed by atoms with Crippen LogP contribution in [0.2, 0.25) is 0 Å². The van der Waals surface area contributed by atoms with E-state index in [1.54, 1.807) is 60.7 Å². The van der Waals surface area contributed by atoms with E-state index >= 15 is 0 Å². The van der Waals surface area contributed by atoms with Crippen molar-refractivity contribution in [3.05, 3.63) is 101 Å². The molecular formula is C24H18F5NO4. The lowest BCUT2D eigenvalue weighted by atomic mass is 10.1. The first kappa shape index (κ1) is 24.7. The van der Waals surface area contributed by atoms with Crippen LogP contribution in [0.1, 0.15) is 17.5 Å². The molecule has 1 N–H and O–H groups in total. The van der Waals surface area contributed by atoms with E-state index in [0.29, 0.717) is 5.56 Å². The molecule has 3 aromatic rings. The molecule has 1 atom stereocenters. The summed E-state index contributed by atoms with van der Waals surface area (Å²) < 4.78 is 77.6. The Balaban J connectivity index is 1.75. The van der Waals surface area contributed by atoms with E-state index in [1.807, 2.05) is 0 Å². The fourth-order valence-corrected chi connectivity index (χ4v) is 2.96. The summed E-state index contributed by atoms with van der Waals surface area (Å²) in [7, 11) is 0. The van der Waals surface area contributed by atoms with Crippen molar-refractivity contribution >= 4 is 12.1 Å². The summed E-state index contributed by atoms with van der Waals surface area (Å²) in [5.74, 6) is -14.7. The number of hydrogen-bond donors (Lipinski definition) is 1. The smallest absolute Gasteiger partial charge is 0.408 e. The van der Waals surface area contributed by atoms with E-state index in [4.69, 9.17) is 4.74 Å². The van der Waals surface area contributed by atoms with Crippen molar-refractivity contribution in [3.63, 3.8) is 0 Å². The molecular weight excluding hydrogens is 461 g/mol. The molecule has 0 aliphatic rings. The Morgan fingerprint density at radius 2 is 1.24 bits per heavy atom. The zero-order chi connectivity index (χ0) is 24.7. The van der Waals surface area contributed by atoms with E-state index < -0.39 is 52.9 Å². The molecule has 1 amide bonds. The molecule has 0 fully saturated rings. The number of esters is 1. The second-order valence-electron chi connectivity index (χ2n) is 7.10. The molecule has 0 saturated heterocycles. The van der Waals surface area contributed by atoms with Crippen LogP contribution < -0.4 is 10.1 Å². The first-order valence-corrected chi connectivity index (χ1v) is 10.0. The normalized spacial score (nSPS) is 11.6. The van der Waals surface area contributed by atoms with Crippen molar-refractivity contribution in [1.82, 2.24) is 5.32 Å². The topological polar surface area (TPSA) is 64.6 Å². The van der Waals surface area contributed by atoms with Gasteiger partial charge in [-0.15, -0.1) is 0 Å². The molecule has 0 bridgehead atoms. The standard InChI is InChI=1S/C24H18F5NO4/c25-17-18(26)20(28)22(21(29)19(17)27)34-23(31)16(12-11-14-7-3-1-4-8-14)30-24(32)33-13-15-9-5-2-6-10-15/h1-10,16H,11-13H2,(H,30,32)/t16-/m1/s1. The van der Waals surface area contributed by atoms with E-state index in [2.05, 4.69) is 10.1 Å². The molecule has 0 radical (unpaired) electrons. The largest absolute Gasteiger partial charge is 0.445 e. The molecule has 0 aliphatic carbocycles. The Labute approximate surface area is 191 Å². The van der Waals surface area contributed by atoms with Crippen LogP contribution in [-0.4, -0.2) is 18.1 Å². The molecule has 178 valence electrons. The van der Waals surface area contributed by atoms with Crippen LogP contribution in [0.4, 0.5) is 26.7 Å². The molecule has 0 unspecified atom stereocenters. The van der Waals surface area contributed by atoms with Gasteiger partial charge < -0.3 is 14.8 Å². The quantitative estimate of drug-likeness (QED) is 0.158. The minimum Gasteiger partial charge on any atom is -0.445 e. The molecule has 0 aromatic heterocycles. The van der Waals surface area contributed by atoms with Crippen LogP contribution in [0.25, 0.3) is 0 Å². The minimum atomic E-state index is -2.39.